The van der Waals surface area contributed by atoms with Gasteiger partial charge in [-0.3, -0.25) is 4.79 Å². The zero-order valence-corrected chi connectivity index (χ0v) is 12.0. The Morgan fingerprint density at radius 3 is 2.84 bits per heavy atom. The highest BCUT2D eigenvalue weighted by Crippen LogP contribution is 2.24. The van der Waals surface area contributed by atoms with Crippen molar-refractivity contribution in [2.75, 3.05) is 7.11 Å². The van der Waals surface area contributed by atoms with Crippen molar-refractivity contribution in [3.8, 4) is 5.88 Å². The third kappa shape index (κ3) is 3.60. The third-order valence-electron chi connectivity index (χ3n) is 3.67. The van der Waals surface area contributed by atoms with Crippen LogP contribution in [0, 0.1) is 5.92 Å². The van der Waals surface area contributed by atoms with Gasteiger partial charge in [0.15, 0.2) is 0 Å². The molecule has 2 unspecified atom stereocenters. The maximum Gasteiger partial charge on any atom is 0.251 e. The van der Waals surface area contributed by atoms with Gasteiger partial charge in [0.05, 0.1) is 7.11 Å². The molecule has 0 saturated heterocycles. The molecule has 5 heteroatoms. The van der Waals surface area contributed by atoms with Gasteiger partial charge in [0, 0.05) is 17.7 Å². The molecular weight excluding hydrogens is 264 g/mol. The van der Waals surface area contributed by atoms with Gasteiger partial charge >= 0.3 is 0 Å². The minimum atomic E-state index is -0.110. The molecule has 1 saturated carbocycles. The largest absolute Gasteiger partial charge is 0.481 e. The van der Waals surface area contributed by atoms with E-state index in [9.17, 15) is 4.79 Å². The molecule has 19 heavy (non-hydrogen) atoms. The number of ether oxygens (including phenoxy) is 1. The van der Waals surface area contributed by atoms with Crippen LogP contribution in [0.5, 0.6) is 5.88 Å². The predicted molar refractivity (Wildman–Crippen MR) is 74.7 cm³/mol. The van der Waals surface area contributed by atoms with Crippen molar-refractivity contribution < 1.29 is 9.53 Å². The Kier molecular flexibility index (Phi) is 4.64. The van der Waals surface area contributed by atoms with Gasteiger partial charge in [-0.05, 0) is 24.8 Å². The summed E-state index contributed by atoms with van der Waals surface area (Å²) in [7, 11) is 1.50. The fourth-order valence-electron chi connectivity index (χ4n) is 2.49. The Morgan fingerprint density at radius 2 is 2.16 bits per heavy atom. The average Bonchev–Trinajstić information content (AvgIpc) is 2.40. The lowest BCUT2D eigenvalue weighted by molar-refractivity contribution is 0.0909. The van der Waals surface area contributed by atoms with E-state index in [-0.39, 0.29) is 17.1 Å². The molecule has 0 aliphatic heterocycles. The summed E-state index contributed by atoms with van der Waals surface area (Å²) in [4.78, 5) is 16.2. The SMILES string of the molecule is COc1cc(C(=O)NC2CCCCC2C)cc(Cl)n1. The van der Waals surface area contributed by atoms with E-state index in [1.165, 1.54) is 26.4 Å². The number of rotatable bonds is 3. The van der Waals surface area contributed by atoms with Crippen LogP contribution in [0.2, 0.25) is 5.15 Å². The molecule has 1 aromatic heterocycles. The maximum absolute atomic E-state index is 12.2. The van der Waals surface area contributed by atoms with E-state index in [1.54, 1.807) is 12.1 Å². The van der Waals surface area contributed by atoms with Crippen LogP contribution in [0.4, 0.5) is 0 Å². The first kappa shape index (κ1) is 14.1. The van der Waals surface area contributed by atoms with Crippen molar-refractivity contribution >= 4 is 17.5 Å². The van der Waals surface area contributed by atoms with Crippen molar-refractivity contribution in [2.45, 2.75) is 38.6 Å². The van der Waals surface area contributed by atoms with Crippen molar-refractivity contribution in [1.29, 1.82) is 0 Å². The number of halogens is 1. The maximum atomic E-state index is 12.2. The Morgan fingerprint density at radius 1 is 1.42 bits per heavy atom. The molecule has 4 nitrogen and oxygen atoms in total. The second-order valence-electron chi connectivity index (χ2n) is 5.06. The monoisotopic (exact) mass is 282 g/mol. The molecule has 1 fully saturated rings. The molecule has 1 heterocycles. The van der Waals surface area contributed by atoms with Crippen LogP contribution in [0.15, 0.2) is 12.1 Å². The van der Waals surface area contributed by atoms with Crippen molar-refractivity contribution in [1.82, 2.24) is 10.3 Å². The number of carbonyl (C=O) groups is 1. The van der Waals surface area contributed by atoms with E-state index in [0.717, 1.165) is 6.42 Å². The lowest BCUT2D eigenvalue weighted by Crippen LogP contribution is -2.41. The van der Waals surface area contributed by atoms with Crippen molar-refractivity contribution in [3.63, 3.8) is 0 Å². The average molecular weight is 283 g/mol. The van der Waals surface area contributed by atoms with Crippen LogP contribution in [0.1, 0.15) is 43.0 Å². The van der Waals surface area contributed by atoms with Crippen LogP contribution in [0.3, 0.4) is 0 Å². The molecule has 0 radical (unpaired) electrons. The fraction of sp³-hybridized carbons (Fsp3) is 0.571. The molecule has 1 aromatic rings. The molecule has 2 rings (SSSR count). The van der Waals surface area contributed by atoms with E-state index in [0.29, 0.717) is 17.4 Å². The highest BCUT2D eigenvalue weighted by atomic mass is 35.5. The van der Waals surface area contributed by atoms with Gasteiger partial charge in [-0.1, -0.05) is 31.4 Å². The smallest absolute Gasteiger partial charge is 0.251 e. The normalized spacial score (nSPS) is 22.9. The van der Waals surface area contributed by atoms with Gasteiger partial charge in [0.1, 0.15) is 5.15 Å². The van der Waals surface area contributed by atoms with Gasteiger partial charge in [-0.15, -0.1) is 0 Å². The number of nitrogens with zero attached hydrogens (tertiary/aromatic N) is 1. The van der Waals surface area contributed by atoms with Crippen LogP contribution >= 0.6 is 11.6 Å². The van der Waals surface area contributed by atoms with E-state index in [1.807, 2.05) is 0 Å². The topological polar surface area (TPSA) is 51.2 Å². The summed E-state index contributed by atoms with van der Waals surface area (Å²) in [6.45, 7) is 2.18. The summed E-state index contributed by atoms with van der Waals surface area (Å²) in [6, 6.07) is 3.42. The molecule has 1 aliphatic carbocycles. The zero-order valence-electron chi connectivity index (χ0n) is 11.3. The van der Waals surface area contributed by atoms with Crippen molar-refractivity contribution in [2.24, 2.45) is 5.92 Å². The first-order valence-electron chi connectivity index (χ1n) is 6.62. The first-order valence-corrected chi connectivity index (χ1v) is 7.00. The van der Waals surface area contributed by atoms with E-state index < -0.39 is 0 Å². The third-order valence-corrected chi connectivity index (χ3v) is 3.86. The molecular formula is C14H19ClN2O2. The number of hydrogen-bond donors (Lipinski definition) is 1. The minimum absolute atomic E-state index is 0.110. The first-order chi connectivity index (χ1) is 9.10. The van der Waals surface area contributed by atoms with E-state index in [2.05, 4.69) is 17.2 Å². The zero-order chi connectivity index (χ0) is 13.8. The second-order valence-corrected chi connectivity index (χ2v) is 5.45. The van der Waals surface area contributed by atoms with Crippen LogP contribution in [-0.4, -0.2) is 24.0 Å². The molecule has 1 aliphatic rings. The van der Waals surface area contributed by atoms with Crippen LogP contribution < -0.4 is 10.1 Å². The molecule has 0 spiro atoms. The highest BCUT2D eigenvalue weighted by molar-refractivity contribution is 6.29. The molecule has 104 valence electrons. The Hall–Kier alpha value is -1.29. The molecule has 1 N–H and O–H groups in total. The van der Waals surface area contributed by atoms with Crippen molar-refractivity contribution in [3.05, 3.63) is 22.8 Å². The van der Waals surface area contributed by atoms with E-state index >= 15 is 0 Å². The van der Waals surface area contributed by atoms with E-state index in [4.69, 9.17) is 16.3 Å². The summed E-state index contributed by atoms with van der Waals surface area (Å²) >= 11 is 5.87. The number of carbonyl (C=O) groups excluding carboxylic acids is 1. The number of hydrogen-bond acceptors (Lipinski definition) is 3. The highest BCUT2D eigenvalue weighted by Gasteiger charge is 2.23. The second kappa shape index (κ2) is 6.24. The summed E-state index contributed by atoms with van der Waals surface area (Å²) in [5.41, 5.74) is 0.495. The number of pyridine rings is 1. The molecule has 0 aromatic carbocycles. The van der Waals surface area contributed by atoms with Gasteiger partial charge in [0.25, 0.3) is 5.91 Å². The van der Waals surface area contributed by atoms with Gasteiger partial charge in [-0.2, -0.15) is 0 Å². The Bertz CT molecular complexity index is 465. The van der Waals surface area contributed by atoms with Gasteiger partial charge in [-0.25, -0.2) is 4.98 Å². The Balaban J connectivity index is 2.08. The van der Waals surface area contributed by atoms with Gasteiger partial charge in [0.2, 0.25) is 5.88 Å². The predicted octanol–water partition coefficient (Wildman–Crippen LogP) is 3.05. The molecule has 0 bridgehead atoms. The molecule has 2 atom stereocenters. The van der Waals surface area contributed by atoms with Crippen LogP contribution in [0.25, 0.3) is 0 Å². The summed E-state index contributed by atoms with van der Waals surface area (Å²) in [5.74, 6) is 0.771. The fourth-order valence-corrected chi connectivity index (χ4v) is 2.69. The standard InChI is InChI=1S/C14H19ClN2O2/c1-9-5-3-4-6-11(9)16-14(18)10-7-12(15)17-13(8-10)19-2/h7-9,11H,3-6H2,1-2H3,(H,16,18). The van der Waals surface area contributed by atoms with Gasteiger partial charge < -0.3 is 10.1 Å². The van der Waals surface area contributed by atoms with Crippen LogP contribution in [-0.2, 0) is 0 Å². The number of nitrogens with one attached hydrogen (secondary N) is 1. The molecule has 1 amide bonds. The number of amides is 1. The lowest BCUT2D eigenvalue weighted by Gasteiger charge is -2.29. The number of methoxy groups -OCH3 is 1. The summed E-state index contributed by atoms with van der Waals surface area (Å²) in [5, 5.41) is 3.35. The lowest BCUT2D eigenvalue weighted by atomic mass is 9.86. The minimum Gasteiger partial charge on any atom is -0.481 e. The Labute approximate surface area is 118 Å². The quantitative estimate of drug-likeness (QED) is 0.867. The summed E-state index contributed by atoms with van der Waals surface area (Å²) < 4.78 is 5.02. The number of aromatic nitrogens is 1. The summed E-state index contributed by atoms with van der Waals surface area (Å²) in [6.07, 6.45) is 4.65.